The maximum absolute atomic E-state index is 11.8. The van der Waals surface area contributed by atoms with Crippen LogP contribution in [0.1, 0.15) is 42.9 Å². The molecule has 1 aromatic rings. The molecule has 18 heavy (non-hydrogen) atoms. The van der Waals surface area contributed by atoms with E-state index in [4.69, 9.17) is 10.8 Å². The lowest BCUT2D eigenvalue weighted by atomic mass is 10.1. The number of aromatic nitrogens is 2. The Morgan fingerprint density at radius 2 is 2.22 bits per heavy atom. The summed E-state index contributed by atoms with van der Waals surface area (Å²) in [5.74, 6) is -0.344. The van der Waals surface area contributed by atoms with Gasteiger partial charge in [-0.25, -0.2) is 0 Å². The largest absolute Gasteiger partial charge is 0.395 e. The van der Waals surface area contributed by atoms with Gasteiger partial charge in [0.2, 0.25) is 0 Å². The van der Waals surface area contributed by atoms with Crippen molar-refractivity contribution in [3.63, 3.8) is 0 Å². The monoisotopic (exact) mass is 256 g/mol. The third kappa shape index (κ3) is 3.21. The Kier molecular flexibility index (Phi) is 4.31. The summed E-state index contributed by atoms with van der Waals surface area (Å²) in [6.45, 7) is 4.76. The second kappa shape index (κ2) is 5.36. The minimum atomic E-state index is -1.36. The van der Waals surface area contributed by atoms with Crippen molar-refractivity contribution in [1.29, 1.82) is 0 Å². The van der Waals surface area contributed by atoms with Crippen LogP contribution in [0.4, 0.5) is 5.69 Å². The number of hydrogen-bond donors (Lipinski definition) is 5. The number of nitrogens with two attached hydrogens (primary N) is 1. The number of aliphatic hydroxyl groups is 2. The van der Waals surface area contributed by atoms with Crippen molar-refractivity contribution < 1.29 is 15.0 Å². The lowest BCUT2D eigenvalue weighted by Crippen LogP contribution is -2.43. The Bertz CT molecular complexity index is 426. The first kappa shape index (κ1) is 14.5. The van der Waals surface area contributed by atoms with Gasteiger partial charge in [0, 0.05) is 6.54 Å². The van der Waals surface area contributed by atoms with Crippen LogP contribution in [-0.2, 0) is 0 Å². The summed E-state index contributed by atoms with van der Waals surface area (Å²) in [7, 11) is 0. The van der Waals surface area contributed by atoms with Crippen LogP contribution < -0.4 is 11.1 Å². The highest BCUT2D eigenvalue weighted by Crippen LogP contribution is 2.21. The third-order valence-electron chi connectivity index (χ3n) is 2.60. The fourth-order valence-corrected chi connectivity index (χ4v) is 1.39. The number of amides is 1. The molecule has 1 unspecified atom stereocenters. The maximum Gasteiger partial charge on any atom is 0.274 e. The zero-order valence-electron chi connectivity index (χ0n) is 10.8. The van der Waals surface area contributed by atoms with Gasteiger partial charge in [-0.1, -0.05) is 13.8 Å². The zero-order valence-corrected chi connectivity index (χ0v) is 10.8. The predicted octanol–water partition coefficient (Wildman–Crippen LogP) is -0.412. The smallest absolute Gasteiger partial charge is 0.274 e. The quantitative estimate of drug-likeness (QED) is 0.490. The summed E-state index contributed by atoms with van der Waals surface area (Å²) in [6.07, 6.45) is 0. The topological polar surface area (TPSA) is 124 Å². The van der Waals surface area contributed by atoms with Gasteiger partial charge in [0.15, 0.2) is 5.69 Å². The molecule has 102 valence electrons. The van der Waals surface area contributed by atoms with Crippen molar-refractivity contribution in [1.82, 2.24) is 15.5 Å². The van der Waals surface area contributed by atoms with Crippen LogP contribution >= 0.6 is 0 Å². The summed E-state index contributed by atoms with van der Waals surface area (Å²) in [5, 5.41) is 27.5. The average Bonchev–Trinajstić information content (AvgIpc) is 2.68. The molecule has 6 N–H and O–H groups in total. The van der Waals surface area contributed by atoms with Crippen molar-refractivity contribution in [3.05, 3.63) is 11.4 Å². The van der Waals surface area contributed by atoms with E-state index >= 15 is 0 Å². The minimum Gasteiger partial charge on any atom is -0.395 e. The Labute approximate surface area is 105 Å². The zero-order chi connectivity index (χ0) is 13.9. The number of rotatable bonds is 5. The molecule has 0 radical (unpaired) electrons. The number of anilines is 1. The number of nitrogen functional groups attached to an aromatic ring is 1. The molecule has 0 aromatic carbocycles. The normalized spacial score (nSPS) is 14.6. The Morgan fingerprint density at radius 3 is 2.67 bits per heavy atom. The van der Waals surface area contributed by atoms with Crippen molar-refractivity contribution >= 4 is 11.6 Å². The van der Waals surface area contributed by atoms with Gasteiger partial charge in [0.25, 0.3) is 5.91 Å². The number of carbonyl (C=O) groups is 1. The first-order valence-electron chi connectivity index (χ1n) is 5.73. The predicted molar refractivity (Wildman–Crippen MR) is 67.1 cm³/mol. The SMILES string of the molecule is CC(C)c1[nH]nc(C(=O)NCC(C)(O)CO)c1N. The molecule has 1 amide bonds. The van der Waals surface area contributed by atoms with Crippen LogP contribution in [0, 0.1) is 0 Å². The summed E-state index contributed by atoms with van der Waals surface area (Å²) in [4.78, 5) is 11.8. The molecule has 1 atom stereocenters. The van der Waals surface area contributed by atoms with Crippen LogP contribution in [0.5, 0.6) is 0 Å². The molecule has 1 heterocycles. The molecule has 7 heteroatoms. The molecule has 0 fully saturated rings. The van der Waals surface area contributed by atoms with Crippen molar-refractivity contribution in [3.8, 4) is 0 Å². The van der Waals surface area contributed by atoms with Crippen molar-refractivity contribution in [2.75, 3.05) is 18.9 Å². The van der Waals surface area contributed by atoms with E-state index in [1.807, 2.05) is 13.8 Å². The maximum atomic E-state index is 11.8. The molecule has 1 rings (SSSR count). The van der Waals surface area contributed by atoms with Crippen molar-refractivity contribution in [2.45, 2.75) is 32.3 Å². The molecule has 0 spiro atoms. The molecule has 0 bridgehead atoms. The standard InChI is InChI=1S/C11H20N4O3/c1-6(2)8-7(12)9(15-14-8)10(17)13-4-11(3,18)5-16/h6,16,18H,4-5,12H2,1-3H3,(H,13,17)(H,14,15). The molecule has 0 aliphatic rings. The van der Waals surface area contributed by atoms with Crippen LogP contribution in [0.2, 0.25) is 0 Å². The average molecular weight is 256 g/mol. The number of carbonyl (C=O) groups excluding carboxylic acids is 1. The highest BCUT2D eigenvalue weighted by Gasteiger charge is 2.23. The molecule has 0 saturated heterocycles. The van der Waals surface area contributed by atoms with Gasteiger partial charge in [-0.05, 0) is 12.8 Å². The second-order valence-electron chi connectivity index (χ2n) is 4.89. The van der Waals surface area contributed by atoms with E-state index < -0.39 is 18.1 Å². The molecule has 0 aliphatic carbocycles. The Morgan fingerprint density at radius 1 is 1.61 bits per heavy atom. The van der Waals surface area contributed by atoms with E-state index in [1.165, 1.54) is 6.92 Å². The van der Waals surface area contributed by atoms with Crippen LogP contribution in [-0.4, -0.2) is 45.1 Å². The molecule has 0 saturated carbocycles. The van der Waals surface area contributed by atoms with E-state index in [0.717, 1.165) is 0 Å². The van der Waals surface area contributed by atoms with Gasteiger partial charge in [0.1, 0.15) is 5.60 Å². The highest BCUT2D eigenvalue weighted by molar-refractivity contribution is 5.97. The summed E-state index contributed by atoms with van der Waals surface area (Å²) in [5.41, 5.74) is 5.57. The first-order valence-corrected chi connectivity index (χ1v) is 5.73. The number of aromatic amines is 1. The van der Waals surface area contributed by atoms with Crippen LogP contribution in [0.15, 0.2) is 0 Å². The molecule has 7 nitrogen and oxygen atoms in total. The van der Waals surface area contributed by atoms with Gasteiger partial charge >= 0.3 is 0 Å². The number of aliphatic hydroxyl groups excluding tert-OH is 1. The molecule has 0 aliphatic heterocycles. The van der Waals surface area contributed by atoms with E-state index in [0.29, 0.717) is 11.4 Å². The molecule has 1 aromatic heterocycles. The summed E-state index contributed by atoms with van der Waals surface area (Å²) < 4.78 is 0. The molecular weight excluding hydrogens is 236 g/mol. The van der Waals surface area contributed by atoms with Gasteiger partial charge in [-0.3, -0.25) is 9.89 Å². The first-order chi connectivity index (χ1) is 8.28. The van der Waals surface area contributed by atoms with Crippen molar-refractivity contribution in [2.24, 2.45) is 0 Å². The molecular formula is C11H20N4O3. The fraction of sp³-hybridized carbons (Fsp3) is 0.636. The highest BCUT2D eigenvalue weighted by atomic mass is 16.3. The fourth-order valence-electron chi connectivity index (χ4n) is 1.39. The van der Waals surface area contributed by atoms with Gasteiger partial charge < -0.3 is 21.3 Å². The number of H-pyrrole nitrogens is 1. The minimum absolute atomic E-state index is 0.0777. The van der Waals surface area contributed by atoms with E-state index in [2.05, 4.69) is 15.5 Å². The summed E-state index contributed by atoms with van der Waals surface area (Å²) in [6, 6.07) is 0. The second-order valence-corrected chi connectivity index (χ2v) is 4.89. The van der Waals surface area contributed by atoms with Gasteiger partial charge in [-0.2, -0.15) is 5.10 Å². The van der Waals surface area contributed by atoms with E-state index in [-0.39, 0.29) is 18.2 Å². The number of nitrogens with zero attached hydrogens (tertiary/aromatic N) is 1. The van der Waals surface area contributed by atoms with Gasteiger partial charge in [-0.15, -0.1) is 0 Å². The van der Waals surface area contributed by atoms with Crippen LogP contribution in [0.3, 0.4) is 0 Å². The van der Waals surface area contributed by atoms with E-state index in [1.54, 1.807) is 0 Å². The summed E-state index contributed by atoms with van der Waals surface area (Å²) >= 11 is 0. The third-order valence-corrected chi connectivity index (χ3v) is 2.60. The Hall–Kier alpha value is -1.60. The van der Waals surface area contributed by atoms with E-state index in [9.17, 15) is 9.90 Å². The van der Waals surface area contributed by atoms with Crippen LogP contribution in [0.25, 0.3) is 0 Å². The number of hydrogen-bond acceptors (Lipinski definition) is 5. The Balaban J connectivity index is 2.74. The lowest BCUT2D eigenvalue weighted by molar-refractivity contribution is 0.00317. The number of nitrogens with one attached hydrogen (secondary N) is 2. The van der Waals surface area contributed by atoms with Gasteiger partial charge in [0.05, 0.1) is 18.0 Å². The lowest BCUT2D eigenvalue weighted by Gasteiger charge is -2.20.